The molecule has 0 aliphatic rings. The normalized spacial score (nSPS) is 13.3. The van der Waals surface area contributed by atoms with Gasteiger partial charge in [-0.25, -0.2) is 8.81 Å². The minimum Gasteiger partial charge on any atom is -0.507 e. The van der Waals surface area contributed by atoms with Crippen LogP contribution in [0.25, 0.3) is 0 Å². The summed E-state index contributed by atoms with van der Waals surface area (Å²) in [6.07, 6.45) is 3.31. The number of benzene rings is 4. The monoisotopic (exact) mass is 547 g/mol. The lowest BCUT2D eigenvalue weighted by atomic mass is 9.88. The maximum atomic E-state index is 14.2. The van der Waals surface area contributed by atoms with Gasteiger partial charge < -0.3 is 5.11 Å². The van der Waals surface area contributed by atoms with Crippen LogP contribution in [0.4, 0.5) is 4.39 Å². The Morgan fingerprint density at radius 2 is 1.47 bits per heavy atom. The molecule has 2 unspecified atom stereocenters. The molecule has 1 N–H and O–H groups in total. The van der Waals surface area contributed by atoms with Crippen molar-refractivity contribution in [1.82, 2.24) is 4.42 Å². The molecule has 0 saturated carbocycles. The van der Waals surface area contributed by atoms with Crippen molar-refractivity contribution in [2.24, 2.45) is 0 Å². The summed E-state index contributed by atoms with van der Waals surface area (Å²) in [7, 11) is 2.12. The Morgan fingerprint density at radius 1 is 0.842 bits per heavy atom. The van der Waals surface area contributed by atoms with Gasteiger partial charge in [-0.2, -0.15) is 0 Å². The second-order valence-electron chi connectivity index (χ2n) is 10.2. The molecular formula is C33H36ClFNOP. The van der Waals surface area contributed by atoms with Crippen molar-refractivity contribution in [3.8, 4) is 5.75 Å². The van der Waals surface area contributed by atoms with Crippen LogP contribution in [0.3, 0.4) is 0 Å². The van der Waals surface area contributed by atoms with Crippen LogP contribution in [0, 0.1) is 5.82 Å². The summed E-state index contributed by atoms with van der Waals surface area (Å²) in [6, 6.07) is 30.1. The van der Waals surface area contributed by atoms with Crippen LogP contribution in [0.15, 0.2) is 91.0 Å². The van der Waals surface area contributed by atoms with E-state index in [4.69, 9.17) is 11.8 Å². The fraction of sp³-hybridized carbons (Fsp3) is 0.273. The van der Waals surface area contributed by atoms with Gasteiger partial charge in [-0.15, -0.1) is 0 Å². The molecule has 0 saturated heterocycles. The Bertz CT molecular complexity index is 1350. The number of phenols is 1. The molecule has 38 heavy (non-hydrogen) atoms. The van der Waals surface area contributed by atoms with Crippen molar-refractivity contribution in [2.75, 3.05) is 7.05 Å². The molecule has 0 amide bonds. The van der Waals surface area contributed by atoms with Gasteiger partial charge in [0.25, 0.3) is 0 Å². The summed E-state index contributed by atoms with van der Waals surface area (Å²) in [5, 5.41) is 12.5. The van der Waals surface area contributed by atoms with Crippen molar-refractivity contribution >= 4 is 25.7 Å². The van der Waals surface area contributed by atoms with E-state index in [0.29, 0.717) is 27.3 Å². The highest BCUT2D eigenvalue weighted by molar-refractivity contribution is 7.48. The van der Waals surface area contributed by atoms with Crippen LogP contribution in [0.2, 0.25) is 0 Å². The van der Waals surface area contributed by atoms with E-state index in [-0.39, 0.29) is 11.0 Å². The van der Waals surface area contributed by atoms with Crippen LogP contribution in [-0.4, -0.2) is 16.6 Å². The Labute approximate surface area is 233 Å². The van der Waals surface area contributed by atoms with Gasteiger partial charge in [-0.05, 0) is 69.9 Å². The van der Waals surface area contributed by atoms with E-state index in [1.807, 2.05) is 30.3 Å². The number of hydrogen-bond donors (Lipinski definition) is 1. The number of phenolic OH excluding ortho intramolecular Hbond substituents is 1. The zero-order valence-corrected chi connectivity index (χ0v) is 24.1. The Kier molecular flexibility index (Phi) is 9.60. The Balaban J connectivity index is 1.81. The second kappa shape index (κ2) is 12.9. The topological polar surface area (TPSA) is 23.5 Å². The van der Waals surface area contributed by atoms with Gasteiger partial charge in [0.1, 0.15) is 11.6 Å². The third-order valence-corrected chi connectivity index (χ3v) is 8.90. The minimum atomic E-state index is -0.325. The fourth-order valence-corrected chi connectivity index (χ4v) is 7.08. The fourth-order valence-electron chi connectivity index (χ4n) is 5.18. The minimum absolute atomic E-state index is 0.262. The Hall–Kier alpha value is -2.71. The first-order valence-electron chi connectivity index (χ1n) is 13.1. The molecule has 0 aliphatic carbocycles. The van der Waals surface area contributed by atoms with E-state index in [0.717, 1.165) is 46.8 Å². The van der Waals surface area contributed by atoms with Gasteiger partial charge in [0, 0.05) is 30.7 Å². The van der Waals surface area contributed by atoms with Crippen molar-refractivity contribution in [1.29, 1.82) is 0 Å². The first-order chi connectivity index (χ1) is 18.3. The molecule has 0 spiro atoms. The molecule has 0 bridgehead atoms. The quantitative estimate of drug-likeness (QED) is 0.151. The van der Waals surface area contributed by atoms with Crippen molar-refractivity contribution in [3.05, 3.63) is 130 Å². The third-order valence-electron chi connectivity index (χ3n) is 6.95. The van der Waals surface area contributed by atoms with Gasteiger partial charge in [0.05, 0.1) is 0 Å². The molecule has 4 aromatic rings. The first-order valence-corrected chi connectivity index (χ1v) is 14.5. The van der Waals surface area contributed by atoms with Gasteiger partial charge in [0.2, 0.25) is 0 Å². The maximum Gasteiger partial charge on any atom is 0.123 e. The molecule has 5 heteroatoms. The maximum absolute atomic E-state index is 14.2. The number of hydrogen-bond acceptors (Lipinski definition) is 2. The van der Waals surface area contributed by atoms with E-state index < -0.39 is 0 Å². The average Bonchev–Trinajstić information content (AvgIpc) is 2.88. The zero-order chi connectivity index (χ0) is 27.1. The molecule has 198 valence electrons. The van der Waals surface area contributed by atoms with E-state index in [9.17, 15) is 9.50 Å². The summed E-state index contributed by atoms with van der Waals surface area (Å²) in [5.41, 5.74) is 6.37. The summed E-state index contributed by atoms with van der Waals surface area (Å²) in [6.45, 7) is 4.86. The molecule has 4 rings (SSSR count). The van der Waals surface area contributed by atoms with E-state index in [1.165, 1.54) is 17.2 Å². The number of aromatic hydroxyl groups is 1. The molecule has 4 aromatic carbocycles. The average molecular weight is 548 g/mol. The van der Waals surface area contributed by atoms with Crippen LogP contribution in [0.5, 0.6) is 5.75 Å². The molecule has 0 fully saturated rings. The third kappa shape index (κ3) is 7.23. The lowest BCUT2D eigenvalue weighted by Crippen LogP contribution is -2.23. The number of nitrogens with zero attached hydrogens (tertiary/aromatic N) is 1. The van der Waals surface area contributed by atoms with E-state index in [2.05, 4.69) is 62.4 Å². The van der Waals surface area contributed by atoms with Crippen LogP contribution in [-0.2, 0) is 24.5 Å². The van der Waals surface area contributed by atoms with Gasteiger partial charge >= 0.3 is 0 Å². The Morgan fingerprint density at radius 3 is 2.08 bits per heavy atom. The highest BCUT2D eigenvalue weighted by atomic mass is 35.5. The number of halogens is 2. The van der Waals surface area contributed by atoms with Gasteiger partial charge in [0.15, 0.2) is 0 Å². The van der Waals surface area contributed by atoms with Crippen molar-refractivity contribution < 1.29 is 9.50 Å². The van der Waals surface area contributed by atoms with Gasteiger partial charge in [-0.3, -0.25) is 0 Å². The van der Waals surface area contributed by atoms with Crippen LogP contribution in [0.1, 0.15) is 60.1 Å². The second-order valence-corrected chi connectivity index (χ2v) is 12.7. The molecular weight excluding hydrogens is 512 g/mol. The lowest BCUT2D eigenvalue weighted by Gasteiger charge is -2.33. The summed E-state index contributed by atoms with van der Waals surface area (Å²) in [4.78, 5) is 0. The van der Waals surface area contributed by atoms with E-state index in [1.54, 1.807) is 17.5 Å². The molecule has 0 aliphatic heterocycles. The van der Waals surface area contributed by atoms with Crippen molar-refractivity contribution in [2.45, 2.75) is 51.2 Å². The predicted octanol–water partition coefficient (Wildman–Crippen LogP) is 8.32. The molecule has 0 aromatic heterocycles. The molecule has 2 nitrogen and oxygen atoms in total. The van der Waals surface area contributed by atoms with E-state index >= 15 is 0 Å². The molecule has 0 radical (unpaired) electrons. The summed E-state index contributed by atoms with van der Waals surface area (Å²) < 4.78 is 15.7. The van der Waals surface area contributed by atoms with Crippen molar-refractivity contribution in [3.63, 3.8) is 0 Å². The lowest BCUT2D eigenvalue weighted by molar-refractivity contribution is 0.447. The first kappa shape index (κ1) is 28.3. The summed E-state index contributed by atoms with van der Waals surface area (Å²) in [5.74, 6) is 0.106. The van der Waals surface area contributed by atoms with Gasteiger partial charge in [-0.1, -0.05) is 108 Å². The smallest absolute Gasteiger partial charge is 0.123 e. The predicted molar refractivity (Wildman–Crippen MR) is 161 cm³/mol. The van der Waals surface area contributed by atoms with Crippen LogP contribution >= 0.6 is 20.4 Å². The number of rotatable bonds is 11. The summed E-state index contributed by atoms with van der Waals surface area (Å²) >= 11 is 6.18. The molecule has 2 atom stereocenters. The standard InChI is InChI=1S/C33H36ClFNOP/c1-4-17-33(2,38-31-16-15-29(35)22-28(31)23-36(3)34)30-21-26(18-24-11-7-5-8-12-24)20-27(32(30)37)19-25-13-9-6-10-14-25/h5-16,20-22,37-38H,4,17-19,23H2,1-3H3. The SMILES string of the molecule is CCCC(C)(Pc1ccc(F)cc1CN(C)Cl)c1cc(Cc2ccccc2)cc(Cc2ccccc2)c1O. The van der Waals surface area contributed by atoms with Crippen LogP contribution < -0.4 is 5.30 Å². The highest BCUT2D eigenvalue weighted by Crippen LogP contribution is 2.50. The zero-order valence-electron chi connectivity index (χ0n) is 22.3. The molecule has 0 heterocycles. The largest absolute Gasteiger partial charge is 0.507 e. The highest BCUT2D eigenvalue weighted by Gasteiger charge is 2.32.